The van der Waals surface area contributed by atoms with Crippen molar-refractivity contribution in [2.24, 2.45) is 5.92 Å². The van der Waals surface area contributed by atoms with Gasteiger partial charge in [-0.05, 0) is 79.3 Å². The standard InChI is InChI=1S/C24H24F2/c1-2-18-7-12-21(13-8-18)22-14-9-19(10-15-22)5-3-4-6-20-11-16-23(25)24(26)17-20/h3,5,7-8,11-13,16-17,19,22H,2,9-10,14-15H2,1H3/t19-,22-. The van der Waals surface area contributed by atoms with Gasteiger partial charge in [-0.1, -0.05) is 49.1 Å². The van der Waals surface area contributed by atoms with Crippen molar-refractivity contribution in [3.8, 4) is 11.8 Å². The van der Waals surface area contributed by atoms with E-state index in [1.54, 1.807) is 0 Å². The molecule has 0 radical (unpaired) electrons. The summed E-state index contributed by atoms with van der Waals surface area (Å²) in [5, 5.41) is 0. The molecule has 3 rings (SSSR count). The van der Waals surface area contributed by atoms with E-state index in [9.17, 15) is 8.78 Å². The molecular weight excluding hydrogens is 326 g/mol. The van der Waals surface area contributed by atoms with Crippen molar-refractivity contribution in [2.45, 2.75) is 44.9 Å². The van der Waals surface area contributed by atoms with Crippen LogP contribution in [0.3, 0.4) is 0 Å². The van der Waals surface area contributed by atoms with Crippen LogP contribution < -0.4 is 0 Å². The number of allylic oxidation sites excluding steroid dienone is 2. The quantitative estimate of drug-likeness (QED) is 0.561. The smallest absolute Gasteiger partial charge is 0.160 e. The van der Waals surface area contributed by atoms with E-state index in [4.69, 9.17) is 0 Å². The van der Waals surface area contributed by atoms with Gasteiger partial charge in [0.2, 0.25) is 0 Å². The number of halogens is 2. The molecule has 1 saturated carbocycles. The first-order valence-corrected chi connectivity index (χ1v) is 9.38. The average Bonchev–Trinajstić information content (AvgIpc) is 2.68. The van der Waals surface area contributed by atoms with Crippen molar-refractivity contribution in [1.82, 2.24) is 0 Å². The normalized spacial score (nSPS) is 20.0. The van der Waals surface area contributed by atoms with E-state index in [1.807, 2.05) is 6.08 Å². The average molecular weight is 350 g/mol. The lowest BCUT2D eigenvalue weighted by molar-refractivity contribution is 0.376. The summed E-state index contributed by atoms with van der Waals surface area (Å²) in [7, 11) is 0. The van der Waals surface area contributed by atoms with Crippen LogP contribution in [-0.4, -0.2) is 0 Å². The molecule has 2 aromatic rings. The summed E-state index contributed by atoms with van der Waals surface area (Å²) in [5.74, 6) is 5.31. The molecular formula is C24H24F2. The molecule has 134 valence electrons. The predicted octanol–water partition coefficient (Wildman–Crippen LogP) is 6.41. The summed E-state index contributed by atoms with van der Waals surface area (Å²) in [4.78, 5) is 0. The first-order valence-electron chi connectivity index (χ1n) is 9.38. The second-order valence-corrected chi connectivity index (χ2v) is 6.96. The summed E-state index contributed by atoms with van der Waals surface area (Å²) in [5.41, 5.74) is 3.35. The van der Waals surface area contributed by atoms with Crippen molar-refractivity contribution < 1.29 is 8.78 Å². The molecule has 1 aliphatic carbocycles. The minimum atomic E-state index is -0.855. The zero-order valence-corrected chi connectivity index (χ0v) is 15.1. The Kier molecular flexibility index (Phi) is 6.23. The van der Waals surface area contributed by atoms with Crippen LogP contribution in [0, 0.1) is 29.4 Å². The van der Waals surface area contributed by atoms with Gasteiger partial charge in [-0.25, -0.2) is 8.78 Å². The molecule has 0 heterocycles. The van der Waals surface area contributed by atoms with Gasteiger partial charge in [0.05, 0.1) is 0 Å². The summed E-state index contributed by atoms with van der Waals surface area (Å²) < 4.78 is 26.0. The highest BCUT2D eigenvalue weighted by molar-refractivity contribution is 5.37. The summed E-state index contributed by atoms with van der Waals surface area (Å²) in [6.45, 7) is 2.18. The number of aryl methyl sites for hydroxylation is 1. The number of hydrogen-bond acceptors (Lipinski definition) is 0. The maximum absolute atomic E-state index is 13.1. The molecule has 0 amide bonds. The van der Waals surface area contributed by atoms with E-state index < -0.39 is 11.6 Å². The monoisotopic (exact) mass is 350 g/mol. The van der Waals surface area contributed by atoms with Gasteiger partial charge >= 0.3 is 0 Å². The third-order valence-corrected chi connectivity index (χ3v) is 5.22. The Morgan fingerprint density at radius 1 is 0.962 bits per heavy atom. The van der Waals surface area contributed by atoms with E-state index in [1.165, 1.54) is 42.9 Å². The summed E-state index contributed by atoms with van der Waals surface area (Å²) in [6.07, 6.45) is 9.84. The van der Waals surface area contributed by atoms with Gasteiger partial charge in [0, 0.05) is 5.56 Å². The van der Waals surface area contributed by atoms with Gasteiger partial charge in [-0.15, -0.1) is 0 Å². The molecule has 0 spiro atoms. The summed E-state index contributed by atoms with van der Waals surface area (Å²) in [6, 6.07) is 12.8. The maximum atomic E-state index is 13.1. The lowest BCUT2D eigenvalue weighted by Crippen LogP contribution is -2.11. The van der Waals surface area contributed by atoms with Crippen LogP contribution in [0.5, 0.6) is 0 Å². The first-order chi connectivity index (χ1) is 12.7. The third-order valence-electron chi connectivity index (χ3n) is 5.22. The highest BCUT2D eigenvalue weighted by Crippen LogP contribution is 2.36. The molecule has 2 heteroatoms. The third kappa shape index (κ3) is 4.82. The molecule has 0 atom stereocenters. The van der Waals surface area contributed by atoms with Crippen LogP contribution in [0.1, 0.15) is 55.2 Å². The predicted molar refractivity (Wildman–Crippen MR) is 103 cm³/mol. The Morgan fingerprint density at radius 3 is 2.35 bits per heavy atom. The van der Waals surface area contributed by atoms with E-state index in [2.05, 4.69) is 49.1 Å². The molecule has 1 aliphatic rings. The molecule has 0 unspecified atom stereocenters. The Hall–Kier alpha value is -2.40. The van der Waals surface area contributed by atoms with Gasteiger partial charge < -0.3 is 0 Å². The van der Waals surface area contributed by atoms with Gasteiger partial charge in [-0.2, -0.15) is 0 Å². The molecule has 2 aromatic carbocycles. The minimum absolute atomic E-state index is 0.493. The fraction of sp³-hybridized carbons (Fsp3) is 0.333. The molecule has 0 aromatic heterocycles. The zero-order chi connectivity index (χ0) is 18.4. The maximum Gasteiger partial charge on any atom is 0.160 e. The molecule has 0 bridgehead atoms. The second kappa shape index (κ2) is 8.81. The van der Waals surface area contributed by atoms with E-state index in [0.29, 0.717) is 17.4 Å². The molecule has 26 heavy (non-hydrogen) atoms. The van der Waals surface area contributed by atoms with Gasteiger partial charge in [0.15, 0.2) is 11.6 Å². The van der Waals surface area contributed by atoms with Crippen molar-refractivity contribution in [1.29, 1.82) is 0 Å². The molecule has 1 fully saturated rings. The van der Waals surface area contributed by atoms with Gasteiger partial charge in [0.25, 0.3) is 0 Å². The first kappa shape index (κ1) is 18.4. The Balaban J connectivity index is 1.51. The zero-order valence-electron chi connectivity index (χ0n) is 15.1. The highest BCUT2D eigenvalue weighted by Gasteiger charge is 2.20. The van der Waals surface area contributed by atoms with Crippen LogP contribution >= 0.6 is 0 Å². The van der Waals surface area contributed by atoms with Gasteiger partial charge in [0.1, 0.15) is 0 Å². The lowest BCUT2D eigenvalue weighted by Gasteiger charge is -2.27. The molecule has 0 saturated heterocycles. The number of rotatable bonds is 3. The van der Waals surface area contributed by atoms with Crippen molar-refractivity contribution in [2.75, 3.05) is 0 Å². The van der Waals surface area contributed by atoms with Crippen molar-refractivity contribution >= 4 is 0 Å². The Bertz CT molecular complexity index is 814. The molecule has 0 nitrogen and oxygen atoms in total. The largest absolute Gasteiger partial charge is 0.204 e. The number of benzene rings is 2. The topological polar surface area (TPSA) is 0 Å². The van der Waals surface area contributed by atoms with Crippen LogP contribution in [-0.2, 0) is 6.42 Å². The second-order valence-electron chi connectivity index (χ2n) is 6.96. The van der Waals surface area contributed by atoms with Crippen LogP contribution in [0.4, 0.5) is 8.78 Å². The van der Waals surface area contributed by atoms with E-state index in [-0.39, 0.29) is 0 Å². The van der Waals surface area contributed by atoms with Crippen LogP contribution in [0.2, 0.25) is 0 Å². The fourth-order valence-electron chi connectivity index (χ4n) is 3.55. The SMILES string of the molecule is CCc1ccc([C@H]2CC[C@H](C=CC#Cc3ccc(F)c(F)c3)CC2)cc1. The summed E-state index contributed by atoms with van der Waals surface area (Å²) >= 11 is 0. The fourth-order valence-corrected chi connectivity index (χ4v) is 3.55. The number of hydrogen-bond donors (Lipinski definition) is 0. The van der Waals surface area contributed by atoms with Crippen LogP contribution in [0.25, 0.3) is 0 Å². The Labute approximate surface area is 155 Å². The lowest BCUT2D eigenvalue weighted by atomic mass is 9.78. The van der Waals surface area contributed by atoms with Gasteiger partial charge in [-0.3, -0.25) is 0 Å². The van der Waals surface area contributed by atoms with Crippen molar-refractivity contribution in [3.05, 3.63) is 82.9 Å². The highest BCUT2D eigenvalue weighted by atomic mass is 19.2. The van der Waals surface area contributed by atoms with Crippen molar-refractivity contribution in [3.63, 3.8) is 0 Å². The van der Waals surface area contributed by atoms with E-state index in [0.717, 1.165) is 18.6 Å². The Morgan fingerprint density at radius 2 is 1.69 bits per heavy atom. The minimum Gasteiger partial charge on any atom is -0.204 e. The molecule has 0 N–H and O–H groups in total. The molecule has 0 aliphatic heterocycles. The van der Waals surface area contributed by atoms with E-state index >= 15 is 0 Å². The van der Waals surface area contributed by atoms with Crippen LogP contribution in [0.15, 0.2) is 54.6 Å².